The van der Waals surface area contributed by atoms with Gasteiger partial charge in [0.15, 0.2) is 0 Å². The van der Waals surface area contributed by atoms with Crippen LogP contribution in [0.4, 0.5) is 0 Å². The molecular formula is C14H22N2O. The molecule has 1 aromatic rings. The zero-order valence-corrected chi connectivity index (χ0v) is 10.9. The van der Waals surface area contributed by atoms with E-state index in [1.54, 1.807) is 0 Å². The summed E-state index contributed by atoms with van der Waals surface area (Å²) in [5.74, 6) is 0.463. The molecule has 0 aliphatic rings. The maximum absolute atomic E-state index is 11.9. The molecule has 1 amide bonds. The summed E-state index contributed by atoms with van der Waals surface area (Å²) in [6.07, 6.45) is 0.801. The fourth-order valence-electron chi connectivity index (χ4n) is 1.65. The van der Waals surface area contributed by atoms with Gasteiger partial charge in [0.1, 0.15) is 0 Å². The molecule has 0 saturated carbocycles. The first-order valence-electron chi connectivity index (χ1n) is 6.15. The average molecular weight is 234 g/mol. The van der Waals surface area contributed by atoms with Gasteiger partial charge in [-0.15, -0.1) is 0 Å². The van der Waals surface area contributed by atoms with E-state index >= 15 is 0 Å². The van der Waals surface area contributed by atoms with Gasteiger partial charge in [-0.25, -0.2) is 0 Å². The molecule has 94 valence electrons. The molecular weight excluding hydrogens is 212 g/mol. The van der Waals surface area contributed by atoms with Gasteiger partial charge in [-0.1, -0.05) is 26.0 Å². The SMILES string of the molecule is CC(CCN)NC(=O)c1ccc(C(C)C)cc1. The first-order chi connectivity index (χ1) is 8.04. The van der Waals surface area contributed by atoms with E-state index in [2.05, 4.69) is 19.2 Å². The minimum atomic E-state index is -0.0266. The fourth-order valence-corrected chi connectivity index (χ4v) is 1.65. The first kappa shape index (κ1) is 13.7. The maximum atomic E-state index is 11.9. The van der Waals surface area contributed by atoms with Gasteiger partial charge in [-0.3, -0.25) is 4.79 Å². The van der Waals surface area contributed by atoms with Crippen molar-refractivity contribution in [3.63, 3.8) is 0 Å². The number of nitrogens with two attached hydrogens (primary N) is 1. The second-order valence-corrected chi connectivity index (χ2v) is 4.73. The lowest BCUT2D eigenvalue weighted by atomic mass is 10.0. The van der Waals surface area contributed by atoms with Crippen LogP contribution in [0.5, 0.6) is 0 Å². The van der Waals surface area contributed by atoms with E-state index in [0.717, 1.165) is 6.42 Å². The van der Waals surface area contributed by atoms with Crippen LogP contribution >= 0.6 is 0 Å². The second kappa shape index (κ2) is 6.40. The van der Waals surface area contributed by atoms with Crippen LogP contribution in [0.15, 0.2) is 24.3 Å². The van der Waals surface area contributed by atoms with Crippen LogP contribution in [0, 0.1) is 0 Å². The molecule has 1 rings (SSSR count). The van der Waals surface area contributed by atoms with E-state index in [0.29, 0.717) is 18.0 Å². The molecule has 3 nitrogen and oxygen atoms in total. The second-order valence-electron chi connectivity index (χ2n) is 4.73. The Balaban J connectivity index is 2.63. The quantitative estimate of drug-likeness (QED) is 0.821. The third-order valence-electron chi connectivity index (χ3n) is 2.82. The number of hydrogen-bond donors (Lipinski definition) is 2. The molecule has 0 radical (unpaired) electrons. The van der Waals surface area contributed by atoms with Gasteiger partial charge in [0, 0.05) is 11.6 Å². The predicted molar refractivity (Wildman–Crippen MR) is 71.1 cm³/mol. The van der Waals surface area contributed by atoms with Gasteiger partial charge >= 0.3 is 0 Å². The molecule has 17 heavy (non-hydrogen) atoms. The Labute approximate surface area is 103 Å². The van der Waals surface area contributed by atoms with Crippen molar-refractivity contribution in [2.24, 2.45) is 5.73 Å². The van der Waals surface area contributed by atoms with Crippen molar-refractivity contribution in [1.29, 1.82) is 0 Å². The number of carbonyl (C=O) groups excluding carboxylic acids is 1. The van der Waals surface area contributed by atoms with Crippen LogP contribution in [-0.2, 0) is 0 Å². The lowest BCUT2D eigenvalue weighted by Gasteiger charge is -2.13. The summed E-state index contributed by atoms with van der Waals surface area (Å²) in [6.45, 7) is 6.83. The standard InChI is InChI=1S/C14H22N2O/c1-10(2)12-4-6-13(7-5-12)14(17)16-11(3)8-9-15/h4-7,10-11H,8-9,15H2,1-3H3,(H,16,17). The van der Waals surface area contributed by atoms with E-state index < -0.39 is 0 Å². The highest BCUT2D eigenvalue weighted by Crippen LogP contribution is 2.14. The summed E-state index contributed by atoms with van der Waals surface area (Å²) in [5, 5.41) is 2.93. The molecule has 3 N–H and O–H groups in total. The molecule has 1 atom stereocenters. The number of nitrogens with one attached hydrogen (secondary N) is 1. The predicted octanol–water partition coefficient (Wildman–Crippen LogP) is 2.28. The van der Waals surface area contributed by atoms with Gasteiger partial charge in [-0.05, 0) is 43.5 Å². The molecule has 0 bridgehead atoms. The molecule has 3 heteroatoms. The van der Waals surface area contributed by atoms with Crippen LogP contribution in [0.3, 0.4) is 0 Å². The topological polar surface area (TPSA) is 55.1 Å². The van der Waals surface area contributed by atoms with Crippen LogP contribution in [0.1, 0.15) is 49.0 Å². The Morgan fingerprint density at radius 1 is 1.24 bits per heavy atom. The van der Waals surface area contributed by atoms with Gasteiger partial charge in [0.25, 0.3) is 5.91 Å². The van der Waals surface area contributed by atoms with Gasteiger partial charge in [0.2, 0.25) is 0 Å². The van der Waals surface area contributed by atoms with Gasteiger partial charge in [0.05, 0.1) is 0 Å². The van der Waals surface area contributed by atoms with E-state index in [1.807, 2.05) is 31.2 Å². The molecule has 0 heterocycles. The number of benzene rings is 1. The average Bonchev–Trinajstić information content (AvgIpc) is 2.29. The first-order valence-corrected chi connectivity index (χ1v) is 6.15. The Morgan fingerprint density at radius 2 is 1.82 bits per heavy atom. The van der Waals surface area contributed by atoms with E-state index in [1.165, 1.54) is 5.56 Å². The maximum Gasteiger partial charge on any atom is 0.251 e. The summed E-state index contributed by atoms with van der Waals surface area (Å²) in [7, 11) is 0. The third-order valence-corrected chi connectivity index (χ3v) is 2.82. The summed E-state index contributed by atoms with van der Waals surface area (Å²) in [4.78, 5) is 11.9. The Bertz CT molecular complexity index is 357. The zero-order chi connectivity index (χ0) is 12.8. The molecule has 0 saturated heterocycles. The summed E-state index contributed by atoms with van der Waals surface area (Å²) in [6, 6.07) is 7.89. The van der Waals surface area contributed by atoms with Crippen LogP contribution in [0.2, 0.25) is 0 Å². The zero-order valence-electron chi connectivity index (χ0n) is 10.9. The Hall–Kier alpha value is -1.35. The highest BCUT2D eigenvalue weighted by Gasteiger charge is 2.09. The van der Waals surface area contributed by atoms with Crippen LogP contribution in [-0.4, -0.2) is 18.5 Å². The minimum Gasteiger partial charge on any atom is -0.350 e. The van der Waals surface area contributed by atoms with Crippen molar-refractivity contribution in [2.75, 3.05) is 6.54 Å². The number of hydrogen-bond acceptors (Lipinski definition) is 2. The number of carbonyl (C=O) groups is 1. The lowest BCUT2D eigenvalue weighted by molar-refractivity contribution is 0.0939. The molecule has 0 spiro atoms. The Morgan fingerprint density at radius 3 is 2.29 bits per heavy atom. The van der Waals surface area contributed by atoms with Gasteiger partial charge < -0.3 is 11.1 Å². The number of rotatable bonds is 5. The minimum absolute atomic E-state index is 0.0266. The monoisotopic (exact) mass is 234 g/mol. The summed E-state index contributed by atoms with van der Waals surface area (Å²) < 4.78 is 0. The fraction of sp³-hybridized carbons (Fsp3) is 0.500. The molecule has 0 aliphatic carbocycles. The Kier molecular flexibility index (Phi) is 5.16. The van der Waals surface area contributed by atoms with Crippen molar-refractivity contribution in [1.82, 2.24) is 5.32 Å². The molecule has 0 aliphatic heterocycles. The van der Waals surface area contributed by atoms with Crippen molar-refractivity contribution in [2.45, 2.75) is 39.2 Å². The third kappa shape index (κ3) is 4.19. The normalized spacial score (nSPS) is 12.5. The molecule has 1 unspecified atom stereocenters. The van der Waals surface area contributed by atoms with Crippen molar-refractivity contribution >= 4 is 5.91 Å². The summed E-state index contributed by atoms with van der Waals surface area (Å²) >= 11 is 0. The largest absolute Gasteiger partial charge is 0.350 e. The molecule has 0 fully saturated rings. The van der Waals surface area contributed by atoms with E-state index in [-0.39, 0.29) is 11.9 Å². The highest BCUT2D eigenvalue weighted by atomic mass is 16.1. The highest BCUT2D eigenvalue weighted by molar-refractivity contribution is 5.94. The number of amides is 1. The summed E-state index contributed by atoms with van der Waals surface area (Å²) in [5.41, 5.74) is 7.40. The van der Waals surface area contributed by atoms with Crippen molar-refractivity contribution in [3.8, 4) is 0 Å². The smallest absolute Gasteiger partial charge is 0.251 e. The van der Waals surface area contributed by atoms with Crippen LogP contribution < -0.4 is 11.1 Å². The molecule has 1 aromatic carbocycles. The molecule has 0 aromatic heterocycles. The lowest BCUT2D eigenvalue weighted by Crippen LogP contribution is -2.34. The van der Waals surface area contributed by atoms with E-state index in [9.17, 15) is 4.79 Å². The van der Waals surface area contributed by atoms with Crippen molar-refractivity contribution < 1.29 is 4.79 Å². The van der Waals surface area contributed by atoms with Crippen molar-refractivity contribution in [3.05, 3.63) is 35.4 Å². The van der Waals surface area contributed by atoms with E-state index in [4.69, 9.17) is 5.73 Å². The van der Waals surface area contributed by atoms with Gasteiger partial charge in [-0.2, -0.15) is 0 Å². The van der Waals surface area contributed by atoms with Crippen LogP contribution in [0.25, 0.3) is 0 Å².